The van der Waals surface area contributed by atoms with Crippen molar-refractivity contribution < 1.29 is 14.1 Å². The predicted octanol–water partition coefficient (Wildman–Crippen LogP) is 2.28. The molecule has 1 amide bonds. The Morgan fingerprint density at radius 3 is 2.86 bits per heavy atom. The lowest BCUT2D eigenvalue weighted by Gasteiger charge is -2.22. The average molecular weight is 332 g/mol. The first-order chi connectivity index (χ1) is 10.1. The first kappa shape index (κ1) is 18.3. The highest BCUT2D eigenvalue weighted by atomic mass is 35.5. The highest BCUT2D eigenvalue weighted by Gasteiger charge is 2.16. The van der Waals surface area contributed by atoms with Gasteiger partial charge in [-0.2, -0.15) is 0 Å². The Morgan fingerprint density at radius 1 is 1.45 bits per heavy atom. The summed E-state index contributed by atoms with van der Waals surface area (Å²) in [6, 6.07) is 2.88. The number of non-ortho nitro benzene ring substituents is 1. The second-order valence-corrected chi connectivity index (χ2v) is 5.21. The number of hydrogen-bond acceptors (Lipinski definition) is 4. The van der Waals surface area contributed by atoms with Crippen LogP contribution >= 0.6 is 12.4 Å². The molecule has 8 heteroatoms. The molecule has 1 saturated heterocycles. The van der Waals surface area contributed by atoms with Gasteiger partial charge in [-0.1, -0.05) is 0 Å². The number of benzene rings is 1. The molecule has 1 aromatic carbocycles. The molecule has 22 heavy (non-hydrogen) atoms. The molecular weight excluding hydrogens is 313 g/mol. The lowest BCUT2D eigenvalue weighted by molar-refractivity contribution is -0.385. The van der Waals surface area contributed by atoms with Crippen LogP contribution in [-0.4, -0.2) is 30.5 Å². The van der Waals surface area contributed by atoms with Crippen LogP contribution in [0.15, 0.2) is 18.2 Å². The van der Waals surface area contributed by atoms with Crippen LogP contribution in [0.2, 0.25) is 0 Å². The maximum atomic E-state index is 13.3. The fourth-order valence-electron chi connectivity index (χ4n) is 2.47. The SMILES string of the molecule is Cl.O=C(NCCC1CCCNC1)c1cc(F)cc([N+](=O)[O-])c1. The summed E-state index contributed by atoms with van der Waals surface area (Å²) in [4.78, 5) is 21.8. The number of halogens is 2. The molecule has 1 aliphatic rings. The maximum absolute atomic E-state index is 13.3. The molecule has 0 aliphatic carbocycles. The zero-order valence-corrected chi connectivity index (χ0v) is 12.8. The minimum absolute atomic E-state index is 0. The summed E-state index contributed by atoms with van der Waals surface area (Å²) in [5.74, 6) is -0.743. The number of nitrogens with zero attached hydrogens (tertiary/aromatic N) is 1. The van der Waals surface area contributed by atoms with E-state index >= 15 is 0 Å². The molecule has 1 atom stereocenters. The highest BCUT2D eigenvalue weighted by Crippen LogP contribution is 2.17. The number of carbonyl (C=O) groups is 1. The molecule has 1 aliphatic heterocycles. The Hall–Kier alpha value is -1.73. The van der Waals surface area contributed by atoms with Gasteiger partial charge in [0.15, 0.2) is 0 Å². The van der Waals surface area contributed by atoms with E-state index in [1.54, 1.807) is 0 Å². The molecule has 1 aromatic rings. The van der Waals surface area contributed by atoms with Gasteiger partial charge in [-0.3, -0.25) is 14.9 Å². The van der Waals surface area contributed by atoms with Crippen molar-refractivity contribution in [1.29, 1.82) is 0 Å². The zero-order chi connectivity index (χ0) is 15.2. The zero-order valence-electron chi connectivity index (χ0n) is 12.0. The fourth-order valence-corrected chi connectivity index (χ4v) is 2.47. The predicted molar refractivity (Wildman–Crippen MR) is 82.8 cm³/mol. The third-order valence-electron chi connectivity index (χ3n) is 3.59. The molecule has 2 N–H and O–H groups in total. The summed E-state index contributed by atoms with van der Waals surface area (Å²) >= 11 is 0. The highest BCUT2D eigenvalue weighted by molar-refractivity contribution is 5.94. The molecule has 6 nitrogen and oxygen atoms in total. The van der Waals surface area contributed by atoms with E-state index in [4.69, 9.17) is 0 Å². The van der Waals surface area contributed by atoms with E-state index in [9.17, 15) is 19.3 Å². The van der Waals surface area contributed by atoms with Gasteiger partial charge in [-0.05, 0) is 44.3 Å². The van der Waals surface area contributed by atoms with Gasteiger partial charge in [0.05, 0.1) is 11.0 Å². The number of nitro groups is 1. The van der Waals surface area contributed by atoms with Crippen molar-refractivity contribution in [3.8, 4) is 0 Å². The number of piperidine rings is 1. The molecule has 0 spiro atoms. The van der Waals surface area contributed by atoms with Crippen LogP contribution in [0.1, 0.15) is 29.6 Å². The van der Waals surface area contributed by atoms with Crippen LogP contribution in [0.3, 0.4) is 0 Å². The van der Waals surface area contributed by atoms with Crippen molar-refractivity contribution >= 4 is 24.0 Å². The number of nitrogens with one attached hydrogen (secondary N) is 2. The van der Waals surface area contributed by atoms with Crippen molar-refractivity contribution in [1.82, 2.24) is 10.6 Å². The molecule has 122 valence electrons. The standard InChI is InChI=1S/C14H18FN3O3.ClH/c15-12-6-11(7-13(8-12)18(20)21)14(19)17-5-3-10-2-1-4-16-9-10;/h6-8,10,16H,1-5,9H2,(H,17,19);1H. The van der Waals surface area contributed by atoms with Crippen LogP contribution in [0.25, 0.3) is 0 Å². The summed E-state index contributed by atoms with van der Waals surface area (Å²) in [7, 11) is 0. The van der Waals surface area contributed by atoms with Gasteiger partial charge < -0.3 is 10.6 Å². The number of nitro benzene ring substituents is 1. The lowest BCUT2D eigenvalue weighted by atomic mass is 9.96. The summed E-state index contributed by atoms with van der Waals surface area (Å²) < 4.78 is 13.3. The van der Waals surface area contributed by atoms with E-state index in [-0.39, 0.29) is 18.0 Å². The maximum Gasteiger partial charge on any atom is 0.273 e. The topological polar surface area (TPSA) is 84.3 Å². The largest absolute Gasteiger partial charge is 0.352 e. The third kappa shape index (κ3) is 5.23. The van der Waals surface area contributed by atoms with Gasteiger partial charge >= 0.3 is 0 Å². The van der Waals surface area contributed by atoms with Gasteiger partial charge in [-0.25, -0.2) is 4.39 Å². The van der Waals surface area contributed by atoms with Gasteiger partial charge in [-0.15, -0.1) is 12.4 Å². The molecule has 0 aromatic heterocycles. The number of rotatable bonds is 5. The van der Waals surface area contributed by atoms with Gasteiger partial charge in [0, 0.05) is 18.2 Å². The van der Waals surface area contributed by atoms with E-state index in [1.807, 2.05) is 0 Å². The molecule has 1 heterocycles. The van der Waals surface area contributed by atoms with Crippen LogP contribution in [-0.2, 0) is 0 Å². The van der Waals surface area contributed by atoms with E-state index in [0.717, 1.165) is 50.6 Å². The van der Waals surface area contributed by atoms with Crippen molar-refractivity contribution in [3.05, 3.63) is 39.7 Å². The molecular formula is C14H19ClFN3O3. The monoisotopic (exact) mass is 331 g/mol. The Morgan fingerprint density at radius 2 is 2.23 bits per heavy atom. The molecule has 1 unspecified atom stereocenters. The second-order valence-electron chi connectivity index (χ2n) is 5.21. The summed E-state index contributed by atoms with van der Waals surface area (Å²) in [6.45, 7) is 2.46. The Kier molecular flexibility index (Phi) is 7.20. The summed E-state index contributed by atoms with van der Waals surface area (Å²) in [6.07, 6.45) is 3.11. The van der Waals surface area contributed by atoms with Gasteiger partial charge in [0.25, 0.3) is 11.6 Å². The number of carbonyl (C=O) groups excluding carboxylic acids is 1. The van der Waals surface area contributed by atoms with Crippen LogP contribution in [0.5, 0.6) is 0 Å². The Bertz CT molecular complexity index is 536. The van der Waals surface area contributed by atoms with Gasteiger partial charge in [0.1, 0.15) is 5.82 Å². The molecule has 2 rings (SSSR count). The number of hydrogen-bond donors (Lipinski definition) is 2. The van der Waals surface area contributed by atoms with Crippen molar-refractivity contribution in [3.63, 3.8) is 0 Å². The molecule has 0 saturated carbocycles. The van der Waals surface area contributed by atoms with Crippen molar-refractivity contribution in [2.24, 2.45) is 5.92 Å². The fraction of sp³-hybridized carbons (Fsp3) is 0.500. The van der Waals surface area contributed by atoms with E-state index in [2.05, 4.69) is 10.6 Å². The van der Waals surface area contributed by atoms with Crippen molar-refractivity contribution in [2.45, 2.75) is 19.3 Å². The minimum Gasteiger partial charge on any atom is -0.352 e. The smallest absolute Gasteiger partial charge is 0.273 e. The summed E-state index contributed by atoms with van der Waals surface area (Å²) in [5, 5.41) is 16.6. The quantitative estimate of drug-likeness (QED) is 0.640. The number of amides is 1. The molecule has 0 radical (unpaired) electrons. The minimum atomic E-state index is -0.786. The van der Waals surface area contributed by atoms with E-state index < -0.39 is 22.3 Å². The third-order valence-corrected chi connectivity index (χ3v) is 3.59. The first-order valence-corrected chi connectivity index (χ1v) is 7.00. The molecule has 1 fully saturated rings. The Labute approximate surface area is 134 Å². The average Bonchev–Trinajstić information content (AvgIpc) is 2.47. The van der Waals surface area contributed by atoms with Gasteiger partial charge in [0.2, 0.25) is 0 Å². The van der Waals surface area contributed by atoms with Crippen LogP contribution in [0, 0.1) is 21.8 Å². The van der Waals surface area contributed by atoms with Crippen LogP contribution in [0.4, 0.5) is 10.1 Å². The van der Waals surface area contributed by atoms with Crippen LogP contribution < -0.4 is 10.6 Å². The lowest BCUT2D eigenvalue weighted by Crippen LogP contribution is -2.33. The summed E-state index contributed by atoms with van der Waals surface area (Å²) in [5.41, 5.74) is -0.444. The van der Waals surface area contributed by atoms with E-state index in [1.165, 1.54) is 0 Å². The van der Waals surface area contributed by atoms with Crippen molar-refractivity contribution in [2.75, 3.05) is 19.6 Å². The van der Waals surface area contributed by atoms with E-state index in [0.29, 0.717) is 12.5 Å². The molecule has 0 bridgehead atoms. The first-order valence-electron chi connectivity index (χ1n) is 7.00. The second kappa shape index (κ2) is 8.65. The Balaban J connectivity index is 0.00000242. The normalized spacial score (nSPS) is 17.4.